The molecular formula is C29H28N2O5. The Bertz CT molecular complexity index is 1220. The lowest BCUT2D eigenvalue weighted by molar-refractivity contribution is -0.206. The fourth-order valence-electron chi connectivity index (χ4n) is 5.27. The number of hydrogen-bond acceptors (Lipinski definition) is 6. The summed E-state index contributed by atoms with van der Waals surface area (Å²) in [6, 6.07) is 27.1. The molecule has 1 spiro atoms. The van der Waals surface area contributed by atoms with Gasteiger partial charge in [0.15, 0.2) is 0 Å². The molecule has 36 heavy (non-hydrogen) atoms. The molecule has 2 aliphatic rings. The summed E-state index contributed by atoms with van der Waals surface area (Å²) in [7, 11) is 3.78. The second-order valence-corrected chi connectivity index (χ2v) is 9.51. The van der Waals surface area contributed by atoms with Crippen molar-refractivity contribution in [2.24, 2.45) is 5.92 Å². The Hall–Kier alpha value is -3.97. The molecule has 2 aliphatic heterocycles. The number of fused-ring (bicyclic) bond motifs is 1. The second kappa shape index (κ2) is 9.59. The summed E-state index contributed by atoms with van der Waals surface area (Å²) < 4.78 is 11.3. The van der Waals surface area contributed by atoms with Gasteiger partial charge in [-0.3, -0.25) is 4.79 Å². The number of carbonyl (C=O) groups excluding carboxylic acids is 3. The zero-order valence-electron chi connectivity index (χ0n) is 20.3. The summed E-state index contributed by atoms with van der Waals surface area (Å²) in [5.74, 6) is -5.01. The van der Waals surface area contributed by atoms with Crippen LogP contribution in [0.1, 0.15) is 29.0 Å². The van der Waals surface area contributed by atoms with Crippen molar-refractivity contribution >= 4 is 23.5 Å². The third-order valence-corrected chi connectivity index (χ3v) is 6.79. The maximum absolute atomic E-state index is 14.3. The van der Waals surface area contributed by atoms with Gasteiger partial charge in [-0.05, 0) is 43.3 Å². The molecule has 0 saturated carbocycles. The summed E-state index contributed by atoms with van der Waals surface area (Å²) >= 11 is 0. The lowest BCUT2D eigenvalue weighted by atomic mass is 9.85. The topological polar surface area (TPSA) is 76.2 Å². The number of anilines is 1. The van der Waals surface area contributed by atoms with Crippen LogP contribution in [-0.2, 0) is 30.3 Å². The van der Waals surface area contributed by atoms with Gasteiger partial charge in [-0.2, -0.15) is 0 Å². The third-order valence-electron chi connectivity index (χ3n) is 6.79. The molecule has 1 atom stereocenters. The summed E-state index contributed by atoms with van der Waals surface area (Å²) in [4.78, 5) is 42.3. The van der Waals surface area contributed by atoms with Crippen LogP contribution >= 0.6 is 0 Å². The molecule has 0 N–H and O–H groups in total. The van der Waals surface area contributed by atoms with E-state index in [0.29, 0.717) is 18.7 Å². The molecule has 0 aromatic heterocycles. The predicted molar refractivity (Wildman–Crippen MR) is 134 cm³/mol. The molecule has 7 nitrogen and oxygen atoms in total. The van der Waals surface area contributed by atoms with E-state index in [4.69, 9.17) is 9.47 Å². The van der Waals surface area contributed by atoms with Crippen molar-refractivity contribution in [3.05, 3.63) is 102 Å². The van der Waals surface area contributed by atoms with Gasteiger partial charge >= 0.3 is 17.8 Å². The monoisotopic (exact) mass is 484 g/mol. The lowest BCUT2D eigenvalue weighted by Crippen LogP contribution is -2.63. The first kappa shape index (κ1) is 23.8. The zero-order valence-corrected chi connectivity index (χ0v) is 20.3. The van der Waals surface area contributed by atoms with Crippen LogP contribution in [0.4, 0.5) is 5.69 Å². The molecule has 1 amide bonds. The predicted octanol–water partition coefficient (Wildman–Crippen LogP) is 3.73. The van der Waals surface area contributed by atoms with E-state index >= 15 is 0 Å². The highest BCUT2D eigenvalue weighted by atomic mass is 16.8. The van der Waals surface area contributed by atoms with Gasteiger partial charge in [0.25, 0.3) is 0 Å². The van der Waals surface area contributed by atoms with Crippen molar-refractivity contribution in [2.45, 2.75) is 24.7 Å². The van der Waals surface area contributed by atoms with E-state index < -0.39 is 23.8 Å². The normalized spacial score (nSPS) is 18.3. The molecule has 2 heterocycles. The Morgan fingerprint density at radius 2 is 1.42 bits per heavy atom. The number of benzene rings is 3. The largest absolute Gasteiger partial charge is 0.422 e. The molecule has 0 bridgehead atoms. The molecule has 5 rings (SSSR count). The highest BCUT2D eigenvalue weighted by molar-refractivity contribution is 6.31. The van der Waals surface area contributed by atoms with E-state index in [2.05, 4.69) is 0 Å². The molecule has 7 heteroatoms. The smallest absolute Gasteiger partial charge is 0.394 e. The highest BCUT2D eigenvalue weighted by Gasteiger charge is 2.62. The minimum atomic E-state index is -1.83. The molecule has 1 fully saturated rings. The first-order chi connectivity index (χ1) is 17.4. The number of hydrogen-bond donors (Lipinski definition) is 0. The average molecular weight is 485 g/mol. The van der Waals surface area contributed by atoms with Crippen molar-refractivity contribution in [1.29, 1.82) is 0 Å². The second-order valence-electron chi connectivity index (χ2n) is 9.51. The van der Waals surface area contributed by atoms with Crippen molar-refractivity contribution < 1.29 is 23.9 Å². The molecule has 0 aliphatic carbocycles. The van der Waals surface area contributed by atoms with Crippen molar-refractivity contribution in [3.8, 4) is 0 Å². The Labute approximate surface area is 210 Å². The number of carbonyl (C=O) groups is 3. The molecule has 184 valence electrons. The molecule has 1 unspecified atom stereocenters. The van der Waals surface area contributed by atoms with Crippen molar-refractivity contribution in [2.75, 3.05) is 25.5 Å². The maximum atomic E-state index is 14.3. The van der Waals surface area contributed by atoms with E-state index in [-0.39, 0.29) is 18.2 Å². The van der Waals surface area contributed by atoms with Gasteiger partial charge in [0.05, 0.1) is 11.6 Å². The van der Waals surface area contributed by atoms with Crippen LogP contribution in [0.25, 0.3) is 0 Å². The SMILES string of the molecule is CN(C)CC1Cc2ccccc2N(C(=O)CC(c2ccccc2)c2ccccc2)C12OC(=O)C(=O)O2. The molecule has 3 aromatic carbocycles. The van der Waals surface area contributed by atoms with Crippen LogP contribution in [0.3, 0.4) is 0 Å². The van der Waals surface area contributed by atoms with Crippen molar-refractivity contribution in [1.82, 2.24) is 4.90 Å². The van der Waals surface area contributed by atoms with Crippen LogP contribution in [-0.4, -0.2) is 49.3 Å². The van der Waals surface area contributed by atoms with E-state index in [1.807, 2.05) is 97.9 Å². The molecule has 1 saturated heterocycles. The van der Waals surface area contributed by atoms with E-state index in [0.717, 1.165) is 16.7 Å². The third kappa shape index (κ3) is 4.27. The van der Waals surface area contributed by atoms with E-state index in [1.54, 1.807) is 6.07 Å². The summed E-state index contributed by atoms with van der Waals surface area (Å²) in [5, 5.41) is 0. The fourth-order valence-corrected chi connectivity index (χ4v) is 5.27. The Morgan fingerprint density at radius 3 is 1.97 bits per heavy atom. The lowest BCUT2D eigenvalue weighted by Gasteiger charge is -2.47. The number of ether oxygens (including phenoxy) is 2. The maximum Gasteiger partial charge on any atom is 0.422 e. The number of rotatable bonds is 6. The minimum Gasteiger partial charge on any atom is -0.394 e. The Balaban J connectivity index is 1.60. The van der Waals surface area contributed by atoms with Crippen LogP contribution in [0.15, 0.2) is 84.9 Å². The first-order valence-corrected chi connectivity index (χ1v) is 12.0. The first-order valence-electron chi connectivity index (χ1n) is 12.0. The number of nitrogens with zero attached hydrogens (tertiary/aromatic N) is 2. The van der Waals surface area contributed by atoms with Crippen LogP contribution in [0, 0.1) is 5.92 Å². The van der Waals surface area contributed by atoms with Gasteiger partial charge in [-0.25, -0.2) is 14.5 Å². The zero-order chi connectivity index (χ0) is 25.3. The number of esters is 2. The van der Waals surface area contributed by atoms with Gasteiger partial charge in [0.1, 0.15) is 0 Å². The highest BCUT2D eigenvalue weighted by Crippen LogP contribution is 2.46. The fraction of sp³-hybridized carbons (Fsp3) is 0.276. The van der Waals surface area contributed by atoms with Gasteiger partial charge in [0, 0.05) is 18.9 Å². The van der Waals surface area contributed by atoms with Crippen molar-refractivity contribution in [3.63, 3.8) is 0 Å². The number of para-hydroxylation sites is 1. The van der Waals surface area contributed by atoms with E-state index in [1.165, 1.54) is 4.90 Å². The molecule has 0 radical (unpaired) electrons. The summed E-state index contributed by atoms with van der Waals surface area (Å²) in [6.07, 6.45) is 0.577. The summed E-state index contributed by atoms with van der Waals surface area (Å²) in [6.45, 7) is 0.444. The minimum absolute atomic E-state index is 0.0912. The Morgan fingerprint density at radius 1 is 0.889 bits per heavy atom. The van der Waals surface area contributed by atoms with Crippen LogP contribution < -0.4 is 4.90 Å². The van der Waals surface area contributed by atoms with Gasteiger partial charge in [-0.15, -0.1) is 0 Å². The van der Waals surface area contributed by atoms with Crippen LogP contribution in [0.5, 0.6) is 0 Å². The van der Waals surface area contributed by atoms with Gasteiger partial charge in [0.2, 0.25) is 5.91 Å². The molecular weight excluding hydrogens is 456 g/mol. The standard InChI is InChI=1S/C29H28N2O5/c1-30(2)19-23-17-22-15-9-10-16-25(22)31(29(23)35-27(33)28(34)36-29)26(32)18-24(20-11-5-3-6-12-20)21-13-7-4-8-14-21/h3-16,23-24H,17-19H2,1-2H3. The van der Waals surface area contributed by atoms with E-state index in [9.17, 15) is 14.4 Å². The van der Waals surface area contributed by atoms with Gasteiger partial charge < -0.3 is 14.4 Å². The average Bonchev–Trinajstić information content (AvgIpc) is 3.17. The van der Waals surface area contributed by atoms with Crippen LogP contribution in [0.2, 0.25) is 0 Å². The summed E-state index contributed by atoms with van der Waals surface area (Å²) in [5.41, 5.74) is 3.49. The quantitative estimate of drug-likeness (QED) is 0.392. The van der Waals surface area contributed by atoms with Gasteiger partial charge in [-0.1, -0.05) is 78.9 Å². The number of amides is 1. The molecule has 3 aromatic rings. The Kier molecular flexibility index (Phi) is 6.33.